The summed E-state index contributed by atoms with van der Waals surface area (Å²) in [7, 11) is 1.67. The Morgan fingerprint density at radius 3 is 2.68 bits per heavy atom. The molecule has 2 aromatic rings. The third kappa shape index (κ3) is 3.12. The molecule has 6 nitrogen and oxygen atoms in total. The van der Waals surface area contributed by atoms with Crippen molar-refractivity contribution in [2.45, 2.75) is 20.0 Å². The summed E-state index contributed by atoms with van der Waals surface area (Å²) in [6, 6.07) is 1.66. The number of pyridine rings is 1. The van der Waals surface area contributed by atoms with Crippen molar-refractivity contribution >= 4 is 5.95 Å². The molecule has 0 aromatic carbocycles. The third-order valence-electron chi connectivity index (χ3n) is 2.19. The fourth-order valence-electron chi connectivity index (χ4n) is 1.41. The summed E-state index contributed by atoms with van der Waals surface area (Å²) in [6.45, 7) is 3.71. The predicted molar refractivity (Wildman–Crippen MR) is 68.3 cm³/mol. The normalized spacial score (nSPS) is 10.6. The molecule has 0 aliphatic heterocycles. The molecule has 19 heavy (non-hydrogen) atoms. The van der Waals surface area contributed by atoms with Gasteiger partial charge in [-0.15, -0.1) is 0 Å². The SMILES string of the molecule is CNc1nc(OC(C)C)nc(-c2ccncc2F)n1. The third-order valence-corrected chi connectivity index (χ3v) is 2.19. The van der Waals surface area contributed by atoms with Gasteiger partial charge in [-0.25, -0.2) is 4.39 Å². The van der Waals surface area contributed by atoms with E-state index in [1.54, 1.807) is 7.05 Å². The van der Waals surface area contributed by atoms with Crippen molar-refractivity contribution in [1.82, 2.24) is 19.9 Å². The molecular formula is C12H14FN5O. The van der Waals surface area contributed by atoms with Gasteiger partial charge >= 0.3 is 6.01 Å². The second-order valence-corrected chi connectivity index (χ2v) is 4.04. The molecule has 0 atom stereocenters. The van der Waals surface area contributed by atoms with Gasteiger partial charge in [0.25, 0.3) is 0 Å². The summed E-state index contributed by atoms with van der Waals surface area (Å²) in [6.07, 6.45) is 2.51. The van der Waals surface area contributed by atoms with E-state index in [-0.39, 0.29) is 23.5 Å². The lowest BCUT2D eigenvalue weighted by molar-refractivity contribution is 0.222. The van der Waals surface area contributed by atoms with Gasteiger partial charge in [-0.2, -0.15) is 15.0 Å². The number of hydrogen-bond donors (Lipinski definition) is 1. The van der Waals surface area contributed by atoms with E-state index in [9.17, 15) is 4.39 Å². The van der Waals surface area contributed by atoms with Crippen LogP contribution in [0, 0.1) is 5.82 Å². The minimum Gasteiger partial charge on any atom is -0.461 e. The summed E-state index contributed by atoms with van der Waals surface area (Å²) in [5, 5.41) is 2.79. The van der Waals surface area contributed by atoms with Crippen molar-refractivity contribution in [3.8, 4) is 17.4 Å². The molecule has 0 aliphatic carbocycles. The fraction of sp³-hybridized carbons (Fsp3) is 0.333. The molecule has 0 bridgehead atoms. The Kier molecular flexibility index (Phi) is 3.84. The summed E-state index contributed by atoms with van der Waals surface area (Å²) in [4.78, 5) is 16.0. The Hall–Kier alpha value is -2.31. The first kappa shape index (κ1) is 13.1. The van der Waals surface area contributed by atoms with E-state index in [1.165, 1.54) is 12.3 Å². The highest BCUT2D eigenvalue weighted by Gasteiger charge is 2.13. The first-order valence-electron chi connectivity index (χ1n) is 5.80. The van der Waals surface area contributed by atoms with Crippen molar-refractivity contribution < 1.29 is 9.13 Å². The minimum absolute atomic E-state index is 0.0813. The summed E-state index contributed by atoms with van der Waals surface area (Å²) in [5.41, 5.74) is 0.252. The van der Waals surface area contributed by atoms with Crippen LogP contribution in [0.25, 0.3) is 11.4 Å². The standard InChI is InChI=1S/C12H14FN5O/c1-7(2)19-12-17-10(16-11(14-3)18-12)8-4-5-15-6-9(8)13/h4-7H,1-3H3,(H,14,16,17,18). The number of halogens is 1. The summed E-state index contributed by atoms with van der Waals surface area (Å²) in [5.74, 6) is 0.0259. The monoisotopic (exact) mass is 263 g/mol. The Labute approximate surface area is 110 Å². The first-order valence-corrected chi connectivity index (χ1v) is 5.80. The molecule has 0 unspecified atom stereocenters. The number of aromatic nitrogens is 4. The molecule has 100 valence electrons. The van der Waals surface area contributed by atoms with Gasteiger partial charge in [-0.1, -0.05) is 0 Å². The lowest BCUT2D eigenvalue weighted by Gasteiger charge is -2.10. The van der Waals surface area contributed by atoms with Gasteiger partial charge in [0.1, 0.15) is 0 Å². The molecule has 2 heterocycles. The van der Waals surface area contributed by atoms with Crippen LogP contribution < -0.4 is 10.1 Å². The smallest absolute Gasteiger partial charge is 0.322 e. The lowest BCUT2D eigenvalue weighted by Crippen LogP contribution is -2.11. The van der Waals surface area contributed by atoms with Crippen molar-refractivity contribution in [3.05, 3.63) is 24.3 Å². The number of nitrogens with zero attached hydrogens (tertiary/aromatic N) is 4. The molecule has 2 aromatic heterocycles. The van der Waals surface area contributed by atoms with Crippen molar-refractivity contribution in [1.29, 1.82) is 0 Å². The van der Waals surface area contributed by atoms with Gasteiger partial charge in [0.05, 0.1) is 17.9 Å². The molecule has 0 amide bonds. The van der Waals surface area contributed by atoms with E-state index in [2.05, 4.69) is 25.3 Å². The zero-order chi connectivity index (χ0) is 13.8. The maximum absolute atomic E-state index is 13.7. The summed E-state index contributed by atoms with van der Waals surface area (Å²) >= 11 is 0. The van der Waals surface area contributed by atoms with Gasteiger partial charge in [-0.05, 0) is 19.9 Å². The van der Waals surface area contributed by atoms with Crippen molar-refractivity contribution in [2.24, 2.45) is 0 Å². The molecule has 7 heteroatoms. The quantitative estimate of drug-likeness (QED) is 0.908. The maximum Gasteiger partial charge on any atom is 0.322 e. The Balaban J connectivity index is 2.48. The highest BCUT2D eigenvalue weighted by molar-refractivity contribution is 5.56. The highest BCUT2D eigenvalue weighted by atomic mass is 19.1. The van der Waals surface area contributed by atoms with E-state index in [4.69, 9.17) is 4.74 Å². The Morgan fingerprint density at radius 1 is 1.26 bits per heavy atom. The second kappa shape index (κ2) is 5.55. The minimum atomic E-state index is -0.494. The zero-order valence-corrected chi connectivity index (χ0v) is 10.9. The van der Waals surface area contributed by atoms with E-state index in [1.807, 2.05) is 13.8 Å². The van der Waals surface area contributed by atoms with Crippen LogP contribution in [0.3, 0.4) is 0 Å². The van der Waals surface area contributed by atoms with E-state index in [0.29, 0.717) is 5.95 Å². The van der Waals surface area contributed by atoms with E-state index in [0.717, 1.165) is 6.20 Å². The number of hydrogen-bond acceptors (Lipinski definition) is 6. The van der Waals surface area contributed by atoms with Crippen LogP contribution in [0.2, 0.25) is 0 Å². The molecular weight excluding hydrogens is 249 g/mol. The number of ether oxygens (including phenoxy) is 1. The molecule has 2 rings (SSSR count). The maximum atomic E-state index is 13.7. The van der Waals surface area contributed by atoms with Gasteiger partial charge in [-0.3, -0.25) is 4.98 Å². The van der Waals surface area contributed by atoms with Crippen LogP contribution in [0.1, 0.15) is 13.8 Å². The summed E-state index contributed by atoms with van der Waals surface area (Å²) < 4.78 is 19.1. The molecule has 0 spiro atoms. The van der Waals surface area contributed by atoms with Crippen LogP contribution in [0.4, 0.5) is 10.3 Å². The molecule has 0 aliphatic rings. The number of anilines is 1. The van der Waals surface area contributed by atoms with Crippen LogP contribution in [0.5, 0.6) is 6.01 Å². The average molecular weight is 263 g/mol. The highest BCUT2D eigenvalue weighted by Crippen LogP contribution is 2.21. The van der Waals surface area contributed by atoms with Crippen LogP contribution >= 0.6 is 0 Å². The molecule has 0 fully saturated rings. The molecule has 1 N–H and O–H groups in total. The predicted octanol–water partition coefficient (Wildman–Crippen LogP) is 1.90. The lowest BCUT2D eigenvalue weighted by atomic mass is 10.2. The molecule has 0 saturated carbocycles. The zero-order valence-electron chi connectivity index (χ0n) is 10.9. The van der Waals surface area contributed by atoms with Gasteiger partial charge < -0.3 is 10.1 Å². The van der Waals surface area contributed by atoms with Crippen molar-refractivity contribution in [2.75, 3.05) is 12.4 Å². The first-order chi connectivity index (χ1) is 9.10. The van der Waals surface area contributed by atoms with Gasteiger partial charge in [0, 0.05) is 13.2 Å². The van der Waals surface area contributed by atoms with Crippen LogP contribution in [-0.2, 0) is 0 Å². The van der Waals surface area contributed by atoms with Crippen LogP contribution in [0.15, 0.2) is 18.5 Å². The second-order valence-electron chi connectivity index (χ2n) is 4.04. The van der Waals surface area contributed by atoms with E-state index >= 15 is 0 Å². The number of nitrogens with one attached hydrogen (secondary N) is 1. The fourth-order valence-corrected chi connectivity index (χ4v) is 1.41. The molecule has 0 saturated heterocycles. The van der Waals surface area contributed by atoms with Gasteiger partial charge in [0.2, 0.25) is 5.95 Å². The number of rotatable bonds is 4. The molecule has 0 radical (unpaired) electrons. The topological polar surface area (TPSA) is 72.8 Å². The van der Waals surface area contributed by atoms with E-state index < -0.39 is 5.82 Å². The Morgan fingerprint density at radius 2 is 2.05 bits per heavy atom. The van der Waals surface area contributed by atoms with Crippen molar-refractivity contribution in [3.63, 3.8) is 0 Å². The Bertz CT molecular complexity index is 576. The van der Waals surface area contributed by atoms with Crippen LogP contribution in [-0.4, -0.2) is 33.1 Å². The van der Waals surface area contributed by atoms with Gasteiger partial charge in [0.15, 0.2) is 11.6 Å². The average Bonchev–Trinajstić information content (AvgIpc) is 2.38. The largest absolute Gasteiger partial charge is 0.461 e.